The van der Waals surface area contributed by atoms with Crippen LogP contribution in [0.5, 0.6) is 0 Å². The zero-order valence-electron chi connectivity index (χ0n) is 12.5. The molecular formula is C14H22N4O3. The molecule has 7 heteroatoms. The minimum Gasteiger partial charge on any atom is -0.353 e. The Morgan fingerprint density at radius 1 is 1.52 bits per heavy atom. The van der Waals surface area contributed by atoms with Gasteiger partial charge in [0.2, 0.25) is 0 Å². The van der Waals surface area contributed by atoms with Gasteiger partial charge in [-0.25, -0.2) is 0 Å². The number of nitro groups is 1. The van der Waals surface area contributed by atoms with Gasteiger partial charge in [0, 0.05) is 25.2 Å². The Labute approximate surface area is 124 Å². The number of ketones is 1. The number of nitrogens with one attached hydrogen (secondary N) is 1. The van der Waals surface area contributed by atoms with Crippen LogP contribution in [0.3, 0.4) is 0 Å². The van der Waals surface area contributed by atoms with E-state index in [1.165, 1.54) is 12.3 Å². The second-order valence-corrected chi connectivity index (χ2v) is 5.35. The molecule has 1 aromatic heterocycles. The van der Waals surface area contributed by atoms with Crippen LogP contribution in [0.2, 0.25) is 0 Å². The lowest BCUT2D eigenvalue weighted by atomic mass is 10.2. The Kier molecular flexibility index (Phi) is 5.08. The molecule has 0 bridgehead atoms. The predicted octanol–water partition coefficient (Wildman–Crippen LogP) is 1.52. The van der Waals surface area contributed by atoms with Crippen LogP contribution in [0, 0.1) is 10.1 Å². The van der Waals surface area contributed by atoms with Crippen LogP contribution in [0.25, 0.3) is 0 Å². The lowest BCUT2D eigenvalue weighted by Gasteiger charge is -2.26. The van der Waals surface area contributed by atoms with Crippen molar-refractivity contribution in [1.29, 1.82) is 0 Å². The molecule has 2 rings (SSSR count). The summed E-state index contributed by atoms with van der Waals surface area (Å²) in [7, 11) is 0. The number of carbonyl (C=O) groups excluding carboxylic acids is 1. The first-order valence-corrected chi connectivity index (χ1v) is 7.37. The van der Waals surface area contributed by atoms with Crippen LogP contribution in [0.1, 0.15) is 30.8 Å². The highest BCUT2D eigenvalue weighted by Gasteiger charge is 2.28. The van der Waals surface area contributed by atoms with Crippen molar-refractivity contribution < 1.29 is 9.72 Å². The molecule has 0 aliphatic carbocycles. The van der Waals surface area contributed by atoms with Crippen molar-refractivity contribution in [3.63, 3.8) is 0 Å². The van der Waals surface area contributed by atoms with Gasteiger partial charge in [-0.1, -0.05) is 13.8 Å². The quantitative estimate of drug-likeness (QED) is 0.468. The number of likely N-dealkylation sites (N-methyl/N-ethyl adjacent to an activating group) is 1. The van der Waals surface area contributed by atoms with Gasteiger partial charge in [0.1, 0.15) is 0 Å². The third-order valence-corrected chi connectivity index (χ3v) is 4.12. The second-order valence-electron chi connectivity index (χ2n) is 5.35. The van der Waals surface area contributed by atoms with Gasteiger partial charge in [-0.05, 0) is 19.5 Å². The molecule has 21 heavy (non-hydrogen) atoms. The number of aromatic nitrogens is 1. The molecular weight excluding hydrogens is 272 g/mol. The molecule has 0 aromatic carbocycles. The zero-order chi connectivity index (χ0) is 15.4. The monoisotopic (exact) mass is 294 g/mol. The van der Waals surface area contributed by atoms with Crippen LogP contribution in [-0.2, 0) is 0 Å². The lowest BCUT2D eigenvalue weighted by Crippen LogP contribution is -2.38. The molecule has 1 atom stereocenters. The van der Waals surface area contributed by atoms with Crippen LogP contribution < -0.4 is 0 Å². The third-order valence-electron chi connectivity index (χ3n) is 4.12. The molecule has 2 heterocycles. The molecule has 0 amide bonds. The van der Waals surface area contributed by atoms with Crippen molar-refractivity contribution >= 4 is 11.5 Å². The number of H-pyrrole nitrogens is 1. The van der Waals surface area contributed by atoms with E-state index in [0.29, 0.717) is 18.3 Å². The number of hydrogen-bond donors (Lipinski definition) is 1. The molecule has 1 aliphatic heterocycles. The summed E-state index contributed by atoms with van der Waals surface area (Å²) in [5, 5.41) is 10.6. The Hall–Kier alpha value is -1.73. The number of aromatic amines is 1. The number of carbonyl (C=O) groups is 1. The first-order chi connectivity index (χ1) is 10.0. The van der Waals surface area contributed by atoms with Crippen LogP contribution >= 0.6 is 0 Å². The fourth-order valence-electron chi connectivity index (χ4n) is 2.93. The number of nitrogens with zero attached hydrogens (tertiary/aromatic N) is 3. The minimum atomic E-state index is -0.500. The second kappa shape index (κ2) is 6.82. The molecule has 1 saturated heterocycles. The van der Waals surface area contributed by atoms with Crippen molar-refractivity contribution in [2.75, 3.05) is 32.7 Å². The smallest absolute Gasteiger partial charge is 0.287 e. The molecule has 7 nitrogen and oxygen atoms in total. The van der Waals surface area contributed by atoms with Gasteiger partial charge >= 0.3 is 0 Å². The molecule has 0 spiro atoms. The fraction of sp³-hybridized carbons (Fsp3) is 0.643. The van der Waals surface area contributed by atoms with Gasteiger partial charge < -0.3 is 4.98 Å². The molecule has 1 fully saturated rings. The number of hydrogen-bond acceptors (Lipinski definition) is 5. The van der Waals surface area contributed by atoms with E-state index < -0.39 is 4.92 Å². The molecule has 1 N–H and O–H groups in total. The first kappa shape index (κ1) is 15.7. The Morgan fingerprint density at radius 2 is 2.24 bits per heavy atom. The highest BCUT2D eigenvalue weighted by Crippen LogP contribution is 2.17. The van der Waals surface area contributed by atoms with Gasteiger partial charge in [0.25, 0.3) is 5.69 Å². The molecule has 0 radical (unpaired) electrons. The third kappa shape index (κ3) is 3.68. The van der Waals surface area contributed by atoms with E-state index >= 15 is 0 Å². The summed E-state index contributed by atoms with van der Waals surface area (Å²) in [6, 6.07) is 1.81. The highest BCUT2D eigenvalue weighted by molar-refractivity contribution is 5.96. The van der Waals surface area contributed by atoms with Gasteiger partial charge in [-0.15, -0.1) is 0 Å². The Balaban J connectivity index is 1.90. The van der Waals surface area contributed by atoms with E-state index in [-0.39, 0.29) is 11.5 Å². The maximum Gasteiger partial charge on any atom is 0.287 e. The van der Waals surface area contributed by atoms with Gasteiger partial charge in [0.15, 0.2) is 5.78 Å². The van der Waals surface area contributed by atoms with E-state index in [1.54, 1.807) is 0 Å². The zero-order valence-corrected chi connectivity index (χ0v) is 12.5. The summed E-state index contributed by atoms with van der Waals surface area (Å²) in [4.78, 5) is 29.5. The van der Waals surface area contributed by atoms with Crippen LogP contribution in [0.4, 0.5) is 5.69 Å². The van der Waals surface area contributed by atoms with E-state index in [2.05, 4.69) is 28.6 Å². The predicted molar refractivity (Wildman–Crippen MR) is 79.5 cm³/mol. The maximum absolute atomic E-state index is 12.1. The van der Waals surface area contributed by atoms with E-state index in [0.717, 1.165) is 32.6 Å². The summed E-state index contributed by atoms with van der Waals surface area (Å²) in [6.45, 7) is 8.43. The largest absolute Gasteiger partial charge is 0.353 e. The van der Waals surface area contributed by atoms with E-state index in [1.807, 2.05) is 0 Å². The van der Waals surface area contributed by atoms with Crippen molar-refractivity contribution in [3.8, 4) is 0 Å². The Bertz CT molecular complexity index is 510. The highest BCUT2D eigenvalue weighted by atomic mass is 16.6. The summed E-state index contributed by atoms with van der Waals surface area (Å²) in [5.74, 6) is -0.0942. The standard InChI is InChI=1S/C14H22N4O3/c1-3-17(4-2)11-5-6-16(9-11)10-14(19)13-7-12(8-15-13)18(20)21/h7-8,11,15H,3-6,9-10H2,1-2H3. The molecule has 1 aliphatic rings. The average Bonchev–Trinajstić information content (AvgIpc) is 3.09. The van der Waals surface area contributed by atoms with Crippen molar-refractivity contribution in [2.45, 2.75) is 26.3 Å². The molecule has 1 unspecified atom stereocenters. The number of rotatable bonds is 7. The van der Waals surface area contributed by atoms with Crippen molar-refractivity contribution in [2.24, 2.45) is 0 Å². The van der Waals surface area contributed by atoms with Gasteiger partial charge in [-0.2, -0.15) is 0 Å². The summed E-state index contributed by atoms with van der Waals surface area (Å²) >= 11 is 0. The van der Waals surface area contributed by atoms with Gasteiger partial charge in [-0.3, -0.25) is 24.7 Å². The number of Topliss-reactive ketones (excluding diaryl/α,β-unsaturated/α-hetero) is 1. The molecule has 116 valence electrons. The van der Waals surface area contributed by atoms with Gasteiger partial charge in [0.05, 0.1) is 23.4 Å². The average molecular weight is 294 g/mol. The lowest BCUT2D eigenvalue weighted by molar-refractivity contribution is -0.384. The fourth-order valence-corrected chi connectivity index (χ4v) is 2.93. The van der Waals surface area contributed by atoms with E-state index in [4.69, 9.17) is 0 Å². The SMILES string of the molecule is CCN(CC)C1CCN(CC(=O)c2cc([N+](=O)[O-])c[nH]2)C1. The summed E-state index contributed by atoms with van der Waals surface area (Å²) in [6.07, 6.45) is 2.33. The maximum atomic E-state index is 12.1. The topological polar surface area (TPSA) is 82.5 Å². The first-order valence-electron chi connectivity index (χ1n) is 7.37. The molecule has 1 aromatic rings. The number of likely N-dealkylation sites (tertiary alicyclic amines) is 1. The summed E-state index contributed by atoms with van der Waals surface area (Å²) in [5.41, 5.74) is 0.244. The van der Waals surface area contributed by atoms with Crippen molar-refractivity contribution in [1.82, 2.24) is 14.8 Å². The van der Waals surface area contributed by atoms with Crippen LogP contribution in [-0.4, -0.2) is 64.3 Å². The normalized spacial score (nSPS) is 19.3. The van der Waals surface area contributed by atoms with Crippen molar-refractivity contribution in [3.05, 3.63) is 28.1 Å². The minimum absolute atomic E-state index is 0.0687. The van der Waals surface area contributed by atoms with Crippen LogP contribution in [0.15, 0.2) is 12.3 Å². The Morgan fingerprint density at radius 3 is 2.81 bits per heavy atom. The van der Waals surface area contributed by atoms with E-state index in [9.17, 15) is 14.9 Å². The summed E-state index contributed by atoms with van der Waals surface area (Å²) < 4.78 is 0. The molecule has 0 saturated carbocycles.